The normalized spacial score (nSPS) is 39.6. The maximum Gasteiger partial charge on any atom is 0.329 e. The number of ether oxygens (including phenoxy) is 6. The number of cyclic esters (lactones) is 1. The first-order chi connectivity index (χ1) is 30.3. The van der Waals surface area contributed by atoms with E-state index in [1.807, 2.05) is 39.8 Å². The Morgan fingerprint density at radius 3 is 2.16 bits per heavy atom. The number of methoxy groups -OCH3 is 3. The minimum Gasteiger partial charge on any atom is -0.456 e. The van der Waals surface area contributed by atoms with Gasteiger partial charge in [-0.25, -0.2) is 4.79 Å². The average Bonchev–Trinajstić information content (AvgIpc) is 3.27. The first kappa shape index (κ1) is 53.8. The second-order valence-electron chi connectivity index (χ2n) is 19.0. The molecule has 1 saturated carbocycles. The Hall–Kier alpha value is -2.86. The molecular formula is C49H79NO14. The van der Waals surface area contributed by atoms with E-state index in [0.29, 0.717) is 50.5 Å². The summed E-state index contributed by atoms with van der Waals surface area (Å²) in [4.78, 5) is 58.5. The number of aliphatic hydroxyl groups is 4. The van der Waals surface area contributed by atoms with Crippen LogP contribution in [0.5, 0.6) is 0 Å². The average molecular weight is 906 g/mol. The van der Waals surface area contributed by atoms with E-state index in [-0.39, 0.29) is 69.2 Å². The largest absolute Gasteiger partial charge is 0.456 e. The monoisotopic (exact) mass is 906 g/mol. The number of aliphatic hydroxyl groups excluding tert-OH is 2. The highest BCUT2D eigenvalue weighted by molar-refractivity contribution is 6.39. The molecule has 5 aliphatic rings. The van der Waals surface area contributed by atoms with Crippen LogP contribution in [0.1, 0.15) is 119 Å². The number of carbonyl (C=O) groups excluding carboxylic acids is 4. The molecule has 0 spiro atoms. The SMILES string of the molecule is CC.CO[C@H]1C[C@@H](C)C/C(C)=C/[C@@H](C/C=C/C2(O)COC2)C(=O)C[C@H](O)[C@@H](C)[C@@H](/C(C)=C/[C@@H]2CC[C@@H](O)[C@H](OC)C2)OC(=O)[C@@H]2CCCCN2C(=O)C(=O)[C@]2(O)O[C@H]1[C@@H](OC)C[C@H]2C. The van der Waals surface area contributed by atoms with Gasteiger partial charge in [0.25, 0.3) is 11.7 Å². The smallest absolute Gasteiger partial charge is 0.329 e. The minimum absolute atomic E-state index is 0.0384. The third kappa shape index (κ3) is 13.2. The summed E-state index contributed by atoms with van der Waals surface area (Å²) in [5, 5.41) is 45.1. The third-order valence-corrected chi connectivity index (χ3v) is 14.0. The van der Waals surface area contributed by atoms with Crippen LogP contribution in [0.4, 0.5) is 0 Å². The summed E-state index contributed by atoms with van der Waals surface area (Å²) in [7, 11) is 4.59. The molecular weight excluding hydrogens is 827 g/mol. The summed E-state index contributed by atoms with van der Waals surface area (Å²) >= 11 is 0. The predicted molar refractivity (Wildman–Crippen MR) is 239 cm³/mol. The fourth-order valence-corrected chi connectivity index (χ4v) is 10.1. The number of rotatable bonds is 8. The Balaban J connectivity index is 0.00000442. The van der Waals surface area contributed by atoms with E-state index < -0.39 is 89.5 Å². The fraction of sp³-hybridized carbons (Fsp3) is 0.796. The number of hydrogen-bond acceptors (Lipinski definition) is 14. The van der Waals surface area contributed by atoms with Gasteiger partial charge in [0, 0.05) is 52.0 Å². The lowest BCUT2D eigenvalue weighted by Crippen LogP contribution is -2.64. The number of ketones is 2. The molecule has 5 rings (SSSR count). The molecule has 2 bridgehead atoms. The Bertz CT molecular complexity index is 1660. The van der Waals surface area contributed by atoms with Crippen LogP contribution in [0, 0.1) is 29.6 Å². The highest BCUT2D eigenvalue weighted by Crippen LogP contribution is 2.39. The first-order valence-electron chi connectivity index (χ1n) is 23.6. The molecule has 0 unspecified atom stereocenters. The molecule has 0 aromatic rings. The molecule has 4 fully saturated rings. The van der Waals surface area contributed by atoms with E-state index in [1.165, 1.54) is 19.1 Å². The van der Waals surface area contributed by atoms with Gasteiger partial charge in [-0.15, -0.1) is 0 Å². The topological polar surface area (TPSA) is 208 Å². The molecule has 15 heteroatoms. The number of carbonyl (C=O) groups is 4. The van der Waals surface area contributed by atoms with E-state index in [2.05, 4.69) is 0 Å². The molecule has 3 saturated heterocycles. The van der Waals surface area contributed by atoms with Crippen molar-refractivity contribution >= 4 is 23.4 Å². The summed E-state index contributed by atoms with van der Waals surface area (Å²) in [6, 6.07) is -1.17. The van der Waals surface area contributed by atoms with E-state index in [9.17, 15) is 39.6 Å². The van der Waals surface area contributed by atoms with Gasteiger partial charge in [0.15, 0.2) is 0 Å². The van der Waals surface area contributed by atoms with Crippen molar-refractivity contribution in [3.63, 3.8) is 0 Å². The minimum atomic E-state index is -2.54. The lowest BCUT2D eigenvalue weighted by atomic mass is 9.81. The van der Waals surface area contributed by atoms with Gasteiger partial charge in [-0.1, -0.05) is 64.5 Å². The molecule has 4 heterocycles. The number of fused-ring (bicyclic) bond motifs is 3. The molecule has 4 aliphatic heterocycles. The van der Waals surface area contributed by atoms with Crippen LogP contribution >= 0.6 is 0 Å². The molecule has 0 aromatic carbocycles. The summed E-state index contributed by atoms with van der Waals surface area (Å²) in [5.74, 6) is -8.17. The number of hydrogen-bond donors (Lipinski definition) is 4. The van der Waals surface area contributed by atoms with Gasteiger partial charge in [-0.2, -0.15) is 0 Å². The number of Topliss-reactive ketones (excluding diaryl/α,β-unsaturated/α-hetero) is 2. The quantitative estimate of drug-likeness (QED) is 0.147. The zero-order valence-electron chi connectivity index (χ0n) is 40.0. The van der Waals surface area contributed by atoms with Gasteiger partial charge in [-0.3, -0.25) is 14.4 Å². The maximum absolute atomic E-state index is 14.4. The Labute approximate surface area is 380 Å². The van der Waals surface area contributed by atoms with Crippen LogP contribution in [-0.4, -0.2) is 150 Å². The zero-order valence-corrected chi connectivity index (χ0v) is 40.0. The van der Waals surface area contributed by atoms with Crippen LogP contribution in [0.2, 0.25) is 0 Å². The lowest BCUT2D eigenvalue weighted by molar-refractivity contribution is -0.302. The van der Waals surface area contributed by atoms with Crippen molar-refractivity contribution in [3.8, 4) is 0 Å². The van der Waals surface area contributed by atoms with Crippen LogP contribution in [0.3, 0.4) is 0 Å². The summed E-state index contributed by atoms with van der Waals surface area (Å²) in [6.07, 6.45) is 6.00. The van der Waals surface area contributed by atoms with Crippen molar-refractivity contribution in [3.05, 3.63) is 35.5 Å². The van der Waals surface area contributed by atoms with E-state index in [4.69, 9.17) is 28.4 Å². The molecule has 364 valence electrons. The summed E-state index contributed by atoms with van der Waals surface area (Å²) in [6.45, 7) is 13.5. The Morgan fingerprint density at radius 1 is 0.875 bits per heavy atom. The molecule has 0 aromatic heterocycles. The molecule has 14 atom stereocenters. The summed E-state index contributed by atoms with van der Waals surface area (Å²) in [5.41, 5.74) is 0.439. The number of amides is 1. The predicted octanol–water partition coefficient (Wildman–Crippen LogP) is 4.80. The van der Waals surface area contributed by atoms with Crippen molar-refractivity contribution in [1.29, 1.82) is 0 Å². The van der Waals surface area contributed by atoms with E-state index >= 15 is 0 Å². The number of allylic oxidation sites excluding steroid dienone is 4. The van der Waals surface area contributed by atoms with E-state index in [0.717, 1.165) is 5.57 Å². The molecule has 64 heavy (non-hydrogen) atoms. The van der Waals surface area contributed by atoms with Crippen molar-refractivity contribution in [1.82, 2.24) is 4.90 Å². The molecule has 1 aliphatic carbocycles. The molecule has 15 nitrogen and oxygen atoms in total. The highest BCUT2D eigenvalue weighted by Gasteiger charge is 2.56. The fourth-order valence-electron chi connectivity index (χ4n) is 10.1. The van der Waals surface area contributed by atoms with Crippen molar-refractivity contribution < 1.29 is 68.0 Å². The Morgan fingerprint density at radius 2 is 1.53 bits per heavy atom. The Kier molecular flexibility index (Phi) is 20.4. The molecule has 0 radical (unpaired) electrons. The lowest BCUT2D eigenvalue weighted by Gasteiger charge is -2.47. The first-order valence-corrected chi connectivity index (χ1v) is 23.6. The van der Waals surface area contributed by atoms with Gasteiger partial charge in [-0.05, 0) is 95.5 Å². The van der Waals surface area contributed by atoms with Gasteiger partial charge in [0.1, 0.15) is 29.6 Å². The molecule has 4 N–H and O–H groups in total. The van der Waals surface area contributed by atoms with Crippen molar-refractivity contribution in [2.24, 2.45) is 29.6 Å². The van der Waals surface area contributed by atoms with Crippen LogP contribution < -0.4 is 0 Å². The maximum atomic E-state index is 14.4. The van der Waals surface area contributed by atoms with E-state index in [1.54, 1.807) is 40.0 Å². The van der Waals surface area contributed by atoms with Gasteiger partial charge in [0.2, 0.25) is 5.79 Å². The van der Waals surface area contributed by atoms with Crippen LogP contribution in [0.15, 0.2) is 35.5 Å². The zero-order chi connectivity index (χ0) is 47.5. The number of esters is 1. The van der Waals surface area contributed by atoms with Gasteiger partial charge in [0.05, 0.1) is 43.7 Å². The van der Waals surface area contributed by atoms with Crippen LogP contribution in [0.25, 0.3) is 0 Å². The highest BCUT2D eigenvalue weighted by atomic mass is 16.7. The van der Waals surface area contributed by atoms with Crippen molar-refractivity contribution in [2.75, 3.05) is 41.1 Å². The van der Waals surface area contributed by atoms with Gasteiger partial charge >= 0.3 is 5.97 Å². The summed E-state index contributed by atoms with van der Waals surface area (Å²) < 4.78 is 35.1. The number of piperidine rings is 1. The third-order valence-electron chi connectivity index (χ3n) is 14.0. The van der Waals surface area contributed by atoms with Crippen molar-refractivity contribution in [2.45, 2.75) is 179 Å². The van der Waals surface area contributed by atoms with Crippen LogP contribution in [-0.2, 0) is 47.6 Å². The standard InChI is InChI=1S/C47H73NO14.C2H6/c1-27-18-28(2)20-39(58-7)42-40(59-8)22-30(4)47(56,62-42)43(52)44(53)48-17-10-9-13-34(48)45(54)61-41(29(3)21-32-14-15-35(49)38(23-32)57-6)31(5)36(50)24-37(51)33(19-27)12-11-16-46(55)25-60-26-46;1-2/h11,16,19,21,28,30-36,38-42,49-50,55-56H,9-10,12-15,17-18,20,22-26H2,1-8H3;1-2H3/b16-11+,27-19+,29-21+;/t28-,30+,31+,32-,33+,34-,35+,36-,38+,39-,40-,41+,42+,47+;/m0./s1. The second-order valence-corrected chi connectivity index (χ2v) is 19.0. The second kappa shape index (κ2) is 24.2. The molecule has 1 amide bonds. The van der Waals surface area contributed by atoms with Gasteiger partial charge < -0.3 is 53.7 Å². The number of nitrogens with zero attached hydrogens (tertiary/aromatic N) is 1.